The first kappa shape index (κ1) is 16.9. The molecule has 2 unspecified atom stereocenters. The maximum Gasteiger partial charge on any atom is 0.0506 e. The van der Waals surface area contributed by atoms with Crippen molar-refractivity contribution < 1.29 is 4.74 Å². The molecule has 0 saturated carbocycles. The van der Waals surface area contributed by atoms with Crippen LogP contribution in [0.3, 0.4) is 0 Å². The minimum Gasteiger partial charge on any atom is -0.381 e. The summed E-state index contributed by atoms with van der Waals surface area (Å²) in [6.45, 7) is 4.14. The fraction of sp³-hybridized carbons (Fsp3) is 0.647. The molecule has 0 aromatic heterocycles. The van der Waals surface area contributed by atoms with Crippen molar-refractivity contribution in [1.82, 2.24) is 10.2 Å². The van der Waals surface area contributed by atoms with E-state index >= 15 is 0 Å². The van der Waals surface area contributed by atoms with Gasteiger partial charge in [0.1, 0.15) is 0 Å². The lowest BCUT2D eigenvalue weighted by Gasteiger charge is -2.28. The first-order chi connectivity index (χ1) is 10.2. The third kappa shape index (κ3) is 5.70. The summed E-state index contributed by atoms with van der Waals surface area (Å²) in [7, 11) is 4.27. The molecule has 0 spiro atoms. The molecule has 3 nitrogen and oxygen atoms in total. The average Bonchev–Trinajstić information content (AvgIpc) is 2.49. The zero-order valence-corrected chi connectivity index (χ0v) is 14.7. The van der Waals surface area contributed by atoms with Crippen molar-refractivity contribution >= 4 is 15.9 Å². The Labute approximate surface area is 137 Å². The minimum atomic E-state index is 0.410. The van der Waals surface area contributed by atoms with E-state index in [1.54, 1.807) is 0 Å². The van der Waals surface area contributed by atoms with Gasteiger partial charge in [0.2, 0.25) is 0 Å². The predicted molar refractivity (Wildman–Crippen MR) is 91.6 cm³/mol. The zero-order chi connectivity index (χ0) is 15.1. The lowest BCUT2D eigenvalue weighted by atomic mass is 10.0. The molecule has 0 aliphatic carbocycles. The van der Waals surface area contributed by atoms with Gasteiger partial charge in [0.25, 0.3) is 0 Å². The van der Waals surface area contributed by atoms with Crippen molar-refractivity contribution in [2.75, 3.05) is 40.4 Å². The van der Waals surface area contributed by atoms with Crippen molar-refractivity contribution in [2.24, 2.45) is 5.92 Å². The maximum absolute atomic E-state index is 5.57. The SMILES string of the molecule is CNC(CCN(C)CC1CCCOC1)c1cccc(Br)c1. The Morgan fingerprint density at radius 1 is 1.48 bits per heavy atom. The first-order valence-electron chi connectivity index (χ1n) is 7.88. The van der Waals surface area contributed by atoms with Crippen LogP contribution in [-0.2, 0) is 4.74 Å². The Morgan fingerprint density at radius 3 is 3.00 bits per heavy atom. The van der Waals surface area contributed by atoms with Crippen LogP contribution in [0.2, 0.25) is 0 Å². The van der Waals surface area contributed by atoms with Gasteiger partial charge in [0.15, 0.2) is 0 Å². The third-order valence-corrected chi connectivity index (χ3v) is 4.72. The summed E-state index contributed by atoms with van der Waals surface area (Å²) in [6, 6.07) is 8.99. The highest BCUT2D eigenvalue weighted by atomic mass is 79.9. The van der Waals surface area contributed by atoms with Crippen LogP contribution in [0.15, 0.2) is 28.7 Å². The Morgan fingerprint density at radius 2 is 2.33 bits per heavy atom. The first-order valence-corrected chi connectivity index (χ1v) is 8.67. The number of halogens is 1. The number of hydrogen-bond acceptors (Lipinski definition) is 3. The minimum absolute atomic E-state index is 0.410. The van der Waals surface area contributed by atoms with Gasteiger partial charge >= 0.3 is 0 Å². The fourth-order valence-electron chi connectivity index (χ4n) is 3.03. The predicted octanol–water partition coefficient (Wildman–Crippen LogP) is 3.46. The molecule has 1 N–H and O–H groups in total. The number of benzene rings is 1. The van der Waals surface area contributed by atoms with Crippen LogP contribution in [0, 0.1) is 5.92 Å². The van der Waals surface area contributed by atoms with Crippen molar-refractivity contribution in [3.8, 4) is 0 Å². The summed E-state index contributed by atoms with van der Waals surface area (Å²) in [4.78, 5) is 2.45. The van der Waals surface area contributed by atoms with Gasteiger partial charge in [-0.1, -0.05) is 28.1 Å². The molecule has 4 heteroatoms. The summed E-state index contributed by atoms with van der Waals surface area (Å²) in [5.41, 5.74) is 1.35. The Hall–Kier alpha value is -0.420. The van der Waals surface area contributed by atoms with Crippen molar-refractivity contribution in [1.29, 1.82) is 0 Å². The summed E-state index contributed by atoms with van der Waals surface area (Å²) in [6.07, 6.45) is 3.65. The molecule has 2 rings (SSSR count). The summed E-state index contributed by atoms with van der Waals surface area (Å²) in [5.74, 6) is 0.711. The molecular formula is C17H27BrN2O. The van der Waals surface area contributed by atoms with Crippen molar-refractivity contribution in [3.05, 3.63) is 34.3 Å². The molecule has 21 heavy (non-hydrogen) atoms. The molecule has 1 aromatic rings. The smallest absolute Gasteiger partial charge is 0.0506 e. The number of hydrogen-bond donors (Lipinski definition) is 1. The van der Waals surface area contributed by atoms with Gasteiger partial charge in [0, 0.05) is 23.7 Å². The zero-order valence-electron chi connectivity index (χ0n) is 13.1. The van der Waals surface area contributed by atoms with Crippen LogP contribution >= 0.6 is 15.9 Å². The van der Waals surface area contributed by atoms with Gasteiger partial charge in [0.05, 0.1) is 6.61 Å². The van der Waals surface area contributed by atoms with Crippen LogP contribution < -0.4 is 5.32 Å². The highest BCUT2D eigenvalue weighted by Crippen LogP contribution is 2.21. The van der Waals surface area contributed by atoms with E-state index in [9.17, 15) is 0 Å². The molecule has 1 saturated heterocycles. The molecule has 1 heterocycles. The molecule has 2 atom stereocenters. The molecule has 0 bridgehead atoms. The average molecular weight is 355 g/mol. The van der Waals surface area contributed by atoms with Gasteiger partial charge < -0.3 is 15.0 Å². The van der Waals surface area contributed by atoms with Gasteiger partial charge in [-0.2, -0.15) is 0 Å². The topological polar surface area (TPSA) is 24.5 Å². The van der Waals surface area contributed by atoms with Crippen molar-refractivity contribution in [2.45, 2.75) is 25.3 Å². The monoisotopic (exact) mass is 354 g/mol. The highest BCUT2D eigenvalue weighted by Gasteiger charge is 2.17. The molecule has 1 aliphatic heterocycles. The third-order valence-electron chi connectivity index (χ3n) is 4.22. The normalized spacial score (nSPS) is 20.7. The molecule has 1 aromatic carbocycles. The van der Waals surface area contributed by atoms with Gasteiger partial charge in [-0.25, -0.2) is 0 Å². The van der Waals surface area contributed by atoms with E-state index < -0.39 is 0 Å². The van der Waals surface area contributed by atoms with Crippen LogP contribution in [-0.4, -0.2) is 45.3 Å². The Bertz CT molecular complexity index is 421. The Balaban J connectivity index is 1.79. The van der Waals surface area contributed by atoms with Crippen LogP contribution in [0.25, 0.3) is 0 Å². The second-order valence-electron chi connectivity index (χ2n) is 6.03. The molecule has 0 radical (unpaired) electrons. The van der Waals surface area contributed by atoms with E-state index in [1.807, 2.05) is 7.05 Å². The van der Waals surface area contributed by atoms with Gasteiger partial charge in [-0.15, -0.1) is 0 Å². The van der Waals surface area contributed by atoms with Crippen LogP contribution in [0.4, 0.5) is 0 Å². The molecule has 1 aliphatic rings. The summed E-state index contributed by atoms with van der Waals surface area (Å²) < 4.78 is 6.71. The second kappa shape index (κ2) is 8.89. The number of nitrogens with one attached hydrogen (secondary N) is 1. The van der Waals surface area contributed by atoms with Crippen LogP contribution in [0.5, 0.6) is 0 Å². The second-order valence-corrected chi connectivity index (χ2v) is 6.95. The van der Waals surface area contributed by atoms with E-state index in [0.717, 1.165) is 37.2 Å². The van der Waals surface area contributed by atoms with E-state index in [0.29, 0.717) is 12.0 Å². The quantitative estimate of drug-likeness (QED) is 0.811. The van der Waals surface area contributed by atoms with Crippen LogP contribution in [0.1, 0.15) is 30.9 Å². The van der Waals surface area contributed by atoms with E-state index in [-0.39, 0.29) is 0 Å². The highest BCUT2D eigenvalue weighted by molar-refractivity contribution is 9.10. The van der Waals surface area contributed by atoms with Crippen molar-refractivity contribution in [3.63, 3.8) is 0 Å². The molecular weight excluding hydrogens is 328 g/mol. The molecule has 1 fully saturated rings. The summed E-state index contributed by atoms with van der Waals surface area (Å²) >= 11 is 3.55. The van der Waals surface area contributed by atoms with E-state index in [2.05, 4.69) is 57.5 Å². The van der Waals surface area contributed by atoms with Gasteiger partial charge in [-0.3, -0.25) is 0 Å². The standard InChI is InChI=1S/C17H27BrN2O/c1-19-17(15-6-3-7-16(18)11-15)8-9-20(2)12-14-5-4-10-21-13-14/h3,6-7,11,14,17,19H,4-5,8-10,12-13H2,1-2H3. The molecule has 0 amide bonds. The summed E-state index contributed by atoms with van der Waals surface area (Å²) in [5, 5.41) is 3.43. The largest absolute Gasteiger partial charge is 0.381 e. The fourth-order valence-corrected chi connectivity index (χ4v) is 3.45. The molecule has 118 valence electrons. The van der Waals surface area contributed by atoms with E-state index in [1.165, 1.54) is 18.4 Å². The lowest BCUT2D eigenvalue weighted by molar-refractivity contribution is 0.0416. The number of nitrogens with zero attached hydrogens (tertiary/aromatic N) is 1. The number of rotatable bonds is 7. The van der Waals surface area contributed by atoms with Gasteiger partial charge in [-0.05, 0) is 63.5 Å². The number of ether oxygens (including phenoxy) is 1. The Kier molecular flexibility index (Phi) is 7.17. The lowest BCUT2D eigenvalue weighted by Crippen LogP contribution is -2.33. The van der Waals surface area contributed by atoms with E-state index in [4.69, 9.17) is 4.74 Å². The maximum atomic E-state index is 5.57.